The van der Waals surface area contributed by atoms with Crippen LogP contribution in [0.2, 0.25) is 0 Å². The van der Waals surface area contributed by atoms with Gasteiger partial charge in [0, 0.05) is 33.7 Å². The van der Waals surface area contributed by atoms with Gasteiger partial charge in [-0.05, 0) is 59.7 Å². The minimum Gasteiger partial charge on any atom is -0.444 e. The molecule has 1 fully saturated rings. The first-order chi connectivity index (χ1) is 12.3. The molecule has 1 heterocycles. The number of carbonyl (C=O) groups is 1. The molecule has 1 aliphatic heterocycles. The van der Waals surface area contributed by atoms with Gasteiger partial charge in [-0.3, -0.25) is 4.99 Å². The lowest BCUT2D eigenvalue weighted by molar-refractivity contribution is 0.0302. The van der Waals surface area contributed by atoms with Crippen molar-refractivity contribution >= 4 is 12.1 Å². The van der Waals surface area contributed by atoms with Crippen molar-refractivity contribution in [3.8, 4) is 0 Å². The molecular formula is C19H39N5O2. The van der Waals surface area contributed by atoms with Crippen LogP contribution >= 0.6 is 0 Å². The maximum atomic E-state index is 11.9. The number of guanidine groups is 1. The van der Waals surface area contributed by atoms with Crippen molar-refractivity contribution in [2.24, 2.45) is 4.99 Å². The topological polar surface area (TPSA) is 69.2 Å². The first kappa shape index (κ1) is 22.5. The lowest BCUT2D eigenvalue weighted by Gasteiger charge is -2.25. The molecule has 0 spiro atoms. The summed E-state index contributed by atoms with van der Waals surface area (Å²) in [7, 11) is 3.51. The molecule has 1 rings (SSSR count). The first-order valence-electron chi connectivity index (χ1n) is 9.93. The molecule has 0 aromatic heterocycles. The van der Waals surface area contributed by atoms with Crippen LogP contribution in [0.4, 0.5) is 4.79 Å². The normalized spacial score (nSPS) is 16.7. The number of likely N-dealkylation sites (N-methyl/N-ethyl adjacent to an activating group) is 1. The third-order valence-corrected chi connectivity index (χ3v) is 4.31. The summed E-state index contributed by atoms with van der Waals surface area (Å²) < 4.78 is 5.34. The minimum atomic E-state index is -0.469. The Labute approximate surface area is 159 Å². The Morgan fingerprint density at radius 3 is 2.31 bits per heavy atom. The highest BCUT2D eigenvalue weighted by molar-refractivity contribution is 5.79. The van der Waals surface area contributed by atoms with E-state index in [0.29, 0.717) is 13.1 Å². The number of hydrogen-bond donors (Lipinski definition) is 2. The number of hydrogen-bond acceptors (Lipinski definition) is 4. The maximum absolute atomic E-state index is 11.9. The van der Waals surface area contributed by atoms with E-state index in [-0.39, 0.29) is 6.09 Å². The van der Waals surface area contributed by atoms with E-state index in [2.05, 4.69) is 20.5 Å². The second kappa shape index (κ2) is 12.0. The van der Waals surface area contributed by atoms with E-state index >= 15 is 0 Å². The zero-order chi connectivity index (χ0) is 19.4. The van der Waals surface area contributed by atoms with Crippen LogP contribution in [0.1, 0.15) is 52.9 Å². The van der Waals surface area contributed by atoms with Gasteiger partial charge in [0.15, 0.2) is 5.96 Å². The fraction of sp³-hybridized carbons (Fsp3) is 0.895. The molecule has 0 saturated carbocycles. The summed E-state index contributed by atoms with van der Waals surface area (Å²) in [6, 6.07) is 0. The summed E-state index contributed by atoms with van der Waals surface area (Å²) in [5, 5.41) is 6.59. The number of aliphatic imine (C=N–C) groups is 1. The van der Waals surface area contributed by atoms with Crippen LogP contribution in [0.15, 0.2) is 4.99 Å². The predicted molar refractivity (Wildman–Crippen MR) is 108 cm³/mol. The van der Waals surface area contributed by atoms with Crippen LogP contribution in [0.3, 0.4) is 0 Å². The lowest BCUT2D eigenvalue weighted by Crippen LogP contribution is -2.43. The van der Waals surface area contributed by atoms with Gasteiger partial charge in [-0.15, -0.1) is 0 Å². The molecule has 0 atom stereocenters. The molecule has 1 aliphatic rings. The van der Waals surface area contributed by atoms with Crippen molar-refractivity contribution in [3.05, 3.63) is 0 Å². The second-order valence-corrected chi connectivity index (χ2v) is 7.94. The minimum absolute atomic E-state index is 0.306. The quantitative estimate of drug-likeness (QED) is 0.409. The summed E-state index contributed by atoms with van der Waals surface area (Å²) in [6.45, 7) is 11.3. The first-order valence-corrected chi connectivity index (χ1v) is 9.93. The third-order valence-electron chi connectivity index (χ3n) is 4.31. The Hall–Kier alpha value is -1.50. The van der Waals surface area contributed by atoms with Gasteiger partial charge in [0.2, 0.25) is 0 Å². The number of likely N-dealkylation sites (tertiary alicyclic amines) is 1. The highest BCUT2D eigenvalue weighted by Gasteiger charge is 2.19. The standard InChI is InChI=1S/C19H39N5O2/c1-19(2,3)26-18(25)23(5)16-12-22-17(20-4)21-11-10-15-24-13-8-6-7-9-14-24/h6-16H2,1-5H3,(H2,20,21,22). The van der Waals surface area contributed by atoms with E-state index in [4.69, 9.17) is 4.74 Å². The third kappa shape index (κ3) is 10.5. The largest absolute Gasteiger partial charge is 0.444 e. The summed E-state index contributed by atoms with van der Waals surface area (Å²) >= 11 is 0. The van der Waals surface area contributed by atoms with Gasteiger partial charge in [0.1, 0.15) is 5.60 Å². The van der Waals surface area contributed by atoms with Gasteiger partial charge in [-0.2, -0.15) is 0 Å². The fourth-order valence-corrected chi connectivity index (χ4v) is 2.86. The Bertz CT molecular complexity index is 426. The van der Waals surface area contributed by atoms with E-state index in [0.717, 1.165) is 25.5 Å². The van der Waals surface area contributed by atoms with Crippen molar-refractivity contribution in [3.63, 3.8) is 0 Å². The van der Waals surface area contributed by atoms with Crippen molar-refractivity contribution < 1.29 is 9.53 Å². The molecule has 26 heavy (non-hydrogen) atoms. The Morgan fingerprint density at radius 1 is 1.12 bits per heavy atom. The number of amides is 1. The zero-order valence-electron chi connectivity index (χ0n) is 17.4. The van der Waals surface area contributed by atoms with Crippen molar-refractivity contribution in [1.29, 1.82) is 0 Å². The molecule has 0 aliphatic carbocycles. The number of nitrogens with zero attached hydrogens (tertiary/aromatic N) is 3. The molecule has 152 valence electrons. The molecule has 0 radical (unpaired) electrons. The van der Waals surface area contributed by atoms with Gasteiger partial charge in [0.25, 0.3) is 0 Å². The monoisotopic (exact) mass is 369 g/mol. The number of carbonyl (C=O) groups excluding carboxylic acids is 1. The van der Waals surface area contributed by atoms with E-state index in [1.807, 2.05) is 20.8 Å². The maximum Gasteiger partial charge on any atom is 0.410 e. The molecule has 0 aromatic rings. The highest BCUT2D eigenvalue weighted by Crippen LogP contribution is 2.10. The summed E-state index contributed by atoms with van der Waals surface area (Å²) in [4.78, 5) is 20.3. The van der Waals surface area contributed by atoms with Crippen LogP contribution in [0.5, 0.6) is 0 Å². The highest BCUT2D eigenvalue weighted by atomic mass is 16.6. The van der Waals surface area contributed by atoms with Gasteiger partial charge >= 0.3 is 6.09 Å². The molecule has 1 saturated heterocycles. The molecular weight excluding hydrogens is 330 g/mol. The number of nitrogens with one attached hydrogen (secondary N) is 2. The average molecular weight is 370 g/mol. The van der Waals surface area contributed by atoms with Crippen molar-refractivity contribution in [2.45, 2.75) is 58.5 Å². The molecule has 0 bridgehead atoms. The van der Waals surface area contributed by atoms with E-state index in [9.17, 15) is 4.79 Å². The molecule has 0 unspecified atom stereocenters. The Morgan fingerprint density at radius 2 is 1.73 bits per heavy atom. The summed E-state index contributed by atoms with van der Waals surface area (Å²) in [5.74, 6) is 0.776. The molecule has 2 N–H and O–H groups in total. The summed E-state index contributed by atoms with van der Waals surface area (Å²) in [5.41, 5.74) is -0.469. The summed E-state index contributed by atoms with van der Waals surface area (Å²) in [6.07, 6.45) is 6.23. The fourth-order valence-electron chi connectivity index (χ4n) is 2.86. The van der Waals surface area contributed by atoms with Crippen LogP contribution < -0.4 is 10.6 Å². The van der Waals surface area contributed by atoms with E-state index in [1.165, 1.54) is 38.8 Å². The van der Waals surface area contributed by atoms with Crippen LogP contribution in [-0.4, -0.2) is 80.8 Å². The molecule has 7 heteroatoms. The van der Waals surface area contributed by atoms with Crippen LogP contribution in [0, 0.1) is 0 Å². The Balaban J connectivity index is 2.15. The van der Waals surface area contributed by atoms with E-state index in [1.54, 1.807) is 19.0 Å². The SMILES string of the molecule is CN=C(NCCCN1CCCCCC1)NCCN(C)C(=O)OC(C)(C)C. The van der Waals surface area contributed by atoms with Gasteiger partial charge in [0.05, 0.1) is 0 Å². The average Bonchev–Trinajstić information content (AvgIpc) is 2.84. The predicted octanol–water partition coefficient (Wildman–Crippen LogP) is 2.28. The van der Waals surface area contributed by atoms with Crippen LogP contribution in [0.25, 0.3) is 0 Å². The van der Waals surface area contributed by atoms with Gasteiger partial charge in [-0.1, -0.05) is 12.8 Å². The number of ether oxygens (including phenoxy) is 1. The zero-order valence-corrected chi connectivity index (χ0v) is 17.4. The van der Waals surface area contributed by atoms with Gasteiger partial charge < -0.3 is 25.2 Å². The second-order valence-electron chi connectivity index (χ2n) is 7.94. The van der Waals surface area contributed by atoms with E-state index < -0.39 is 5.60 Å². The molecule has 1 amide bonds. The number of rotatable bonds is 7. The van der Waals surface area contributed by atoms with Crippen LogP contribution in [-0.2, 0) is 4.74 Å². The smallest absolute Gasteiger partial charge is 0.410 e. The molecule has 7 nitrogen and oxygen atoms in total. The van der Waals surface area contributed by atoms with Gasteiger partial charge in [-0.25, -0.2) is 4.79 Å². The Kier molecular flexibility index (Phi) is 10.4. The molecule has 0 aromatic carbocycles. The van der Waals surface area contributed by atoms with Crippen molar-refractivity contribution in [2.75, 3.05) is 53.4 Å². The lowest BCUT2D eigenvalue weighted by atomic mass is 10.2. The van der Waals surface area contributed by atoms with Crippen molar-refractivity contribution in [1.82, 2.24) is 20.4 Å².